The van der Waals surface area contributed by atoms with Gasteiger partial charge >= 0.3 is 0 Å². The van der Waals surface area contributed by atoms with E-state index >= 15 is 0 Å². The molecule has 0 amide bonds. The highest BCUT2D eigenvalue weighted by atomic mass is 32.1. The van der Waals surface area contributed by atoms with Gasteiger partial charge in [-0.05, 0) is 26.2 Å². The maximum atomic E-state index is 5.21. The van der Waals surface area contributed by atoms with Crippen LogP contribution in [-0.4, -0.2) is 18.1 Å². The van der Waals surface area contributed by atoms with E-state index < -0.39 is 0 Å². The third-order valence-electron chi connectivity index (χ3n) is 2.79. The molecule has 1 rings (SSSR count). The zero-order valence-corrected chi connectivity index (χ0v) is 12.2. The fourth-order valence-corrected chi connectivity index (χ4v) is 2.68. The Morgan fingerprint density at radius 3 is 2.76 bits per heavy atom. The number of nitrogens with one attached hydrogen (secondary N) is 1. The monoisotopic (exact) mass is 256 g/mol. The molecular formula is C13H24N2OS. The minimum Gasteiger partial charge on any atom is -0.378 e. The second kappa shape index (κ2) is 7.80. The summed E-state index contributed by atoms with van der Waals surface area (Å²) >= 11 is 1.82. The molecule has 4 heteroatoms. The van der Waals surface area contributed by atoms with Crippen LogP contribution in [-0.2, 0) is 24.3 Å². The highest BCUT2D eigenvalue weighted by Gasteiger charge is 2.11. The third kappa shape index (κ3) is 4.74. The summed E-state index contributed by atoms with van der Waals surface area (Å²) in [6, 6.07) is 0.558. The van der Waals surface area contributed by atoms with E-state index in [2.05, 4.69) is 31.1 Å². The number of rotatable bonds is 8. The summed E-state index contributed by atoms with van der Waals surface area (Å²) < 4.78 is 5.21. The number of thiazole rings is 1. The van der Waals surface area contributed by atoms with E-state index in [4.69, 9.17) is 4.74 Å². The second-order valence-electron chi connectivity index (χ2n) is 4.35. The van der Waals surface area contributed by atoms with Crippen molar-refractivity contribution in [2.24, 2.45) is 0 Å². The van der Waals surface area contributed by atoms with Gasteiger partial charge in [-0.25, -0.2) is 4.98 Å². The van der Waals surface area contributed by atoms with Gasteiger partial charge in [0.05, 0.1) is 17.3 Å². The summed E-state index contributed by atoms with van der Waals surface area (Å²) in [5.41, 5.74) is 1.11. The number of aryl methyl sites for hydroxylation is 1. The van der Waals surface area contributed by atoms with Crippen LogP contribution >= 0.6 is 11.3 Å². The molecule has 17 heavy (non-hydrogen) atoms. The van der Waals surface area contributed by atoms with E-state index in [0.29, 0.717) is 12.6 Å². The third-order valence-corrected chi connectivity index (χ3v) is 3.95. The van der Waals surface area contributed by atoms with E-state index in [1.165, 1.54) is 9.88 Å². The Hall–Kier alpha value is -0.450. The van der Waals surface area contributed by atoms with Gasteiger partial charge in [-0.15, -0.1) is 11.3 Å². The molecule has 0 spiro atoms. The molecule has 1 N–H and O–H groups in total. The number of hydrogen-bond donors (Lipinski definition) is 1. The van der Waals surface area contributed by atoms with Crippen LogP contribution in [0.5, 0.6) is 0 Å². The first-order valence-electron chi connectivity index (χ1n) is 6.41. The zero-order chi connectivity index (χ0) is 12.7. The first kappa shape index (κ1) is 14.6. The molecule has 0 saturated heterocycles. The van der Waals surface area contributed by atoms with Crippen LogP contribution in [0.25, 0.3) is 0 Å². The lowest BCUT2D eigenvalue weighted by Gasteiger charge is -2.10. The molecule has 0 bridgehead atoms. The van der Waals surface area contributed by atoms with E-state index in [-0.39, 0.29) is 0 Å². The average Bonchev–Trinajstić information content (AvgIpc) is 2.69. The van der Waals surface area contributed by atoms with Gasteiger partial charge in [0.15, 0.2) is 0 Å². The Labute approximate surface area is 109 Å². The number of ether oxygens (including phenoxy) is 1. The van der Waals surface area contributed by atoms with E-state index in [1.807, 2.05) is 11.3 Å². The van der Waals surface area contributed by atoms with Crippen molar-refractivity contribution in [3.8, 4) is 0 Å². The predicted molar refractivity (Wildman–Crippen MR) is 73.4 cm³/mol. The smallest absolute Gasteiger partial charge is 0.0932 e. The Bertz CT molecular complexity index is 325. The van der Waals surface area contributed by atoms with Gasteiger partial charge in [0, 0.05) is 24.6 Å². The lowest BCUT2D eigenvalue weighted by atomic mass is 10.2. The molecule has 0 aliphatic rings. The molecule has 1 aromatic rings. The molecule has 3 nitrogen and oxygen atoms in total. The number of nitrogens with zero attached hydrogens (tertiary/aromatic N) is 1. The number of methoxy groups -OCH3 is 1. The fourth-order valence-electron chi connectivity index (χ4n) is 1.56. The summed E-state index contributed by atoms with van der Waals surface area (Å²) in [6.45, 7) is 8.13. The average molecular weight is 256 g/mol. The summed E-state index contributed by atoms with van der Waals surface area (Å²) in [4.78, 5) is 5.98. The maximum absolute atomic E-state index is 5.21. The molecule has 0 aromatic carbocycles. The molecular weight excluding hydrogens is 232 g/mol. The molecule has 0 aliphatic heterocycles. The summed E-state index contributed by atoms with van der Waals surface area (Å²) in [5, 5.41) is 4.75. The van der Waals surface area contributed by atoms with E-state index in [0.717, 1.165) is 31.5 Å². The van der Waals surface area contributed by atoms with Crippen LogP contribution < -0.4 is 5.32 Å². The number of hydrogen-bond acceptors (Lipinski definition) is 4. The molecule has 0 radical (unpaired) electrons. The highest BCUT2D eigenvalue weighted by molar-refractivity contribution is 7.11. The molecule has 98 valence electrons. The molecule has 0 saturated carbocycles. The Balaban J connectivity index is 2.66. The number of aromatic nitrogens is 1. The van der Waals surface area contributed by atoms with Gasteiger partial charge in [-0.2, -0.15) is 0 Å². The Morgan fingerprint density at radius 2 is 2.18 bits per heavy atom. The van der Waals surface area contributed by atoms with Crippen LogP contribution in [0.1, 0.15) is 49.2 Å². The van der Waals surface area contributed by atoms with Gasteiger partial charge in [0.1, 0.15) is 0 Å². The van der Waals surface area contributed by atoms with Crippen LogP contribution in [0.15, 0.2) is 0 Å². The lowest BCUT2D eigenvalue weighted by molar-refractivity contribution is 0.181. The van der Waals surface area contributed by atoms with Gasteiger partial charge in [-0.3, -0.25) is 0 Å². The standard InChI is InChI=1S/C13H24N2OS/c1-5-7-13-15-11(9-16-4)12(17-13)8-14-10(3)6-2/h10,14H,5-9H2,1-4H3. The molecule has 1 atom stereocenters. The van der Waals surface area contributed by atoms with Crippen molar-refractivity contribution in [3.05, 3.63) is 15.6 Å². The minimum atomic E-state index is 0.558. The molecule has 1 unspecified atom stereocenters. The minimum absolute atomic E-state index is 0.558. The summed E-state index contributed by atoms with van der Waals surface area (Å²) in [5.74, 6) is 0. The van der Waals surface area contributed by atoms with Gasteiger partial charge in [-0.1, -0.05) is 13.8 Å². The SMILES string of the molecule is CCCc1nc(COC)c(CNC(C)CC)s1. The van der Waals surface area contributed by atoms with Gasteiger partial charge in [0.25, 0.3) is 0 Å². The fraction of sp³-hybridized carbons (Fsp3) is 0.769. The predicted octanol–water partition coefficient (Wildman–Crippen LogP) is 3.13. The first-order valence-corrected chi connectivity index (χ1v) is 7.22. The van der Waals surface area contributed by atoms with Gasteiger partial charge in [0.2, 0.25) is 0 Å². The van der Waals surface area contributed by atoms with E-state index in [1.54, 1.807) is 7.11 Å². The van der Waals surface area contributed by atoms with Crippen LogP contribution in [0.4, 0.5) is 0 Å². The van der Waals surface area contributed by atoms with Crippen molar-refractivity contribution in [2.75, 3.05) is 7.11 Å². The quantitative estimate of drug-likeness (QED) is 0.776. The second-order valence-corrected chi connectivity index (χ2v) is 5.52. The Morgan fingerprint density at radius 1 is 1.41 bits per heavy atom. The lowest BCUT2D eigenvalue weighted by Crippen LogP contribution is -2.24. The van der Waals surface area contributed by atoms with Crippen molar-refractivity contribution in [1.82, 2.24) is 10.3 Å². The largest absolute Gasteiger partial charge is 0.378 e. The van der Waals surface area contributed by atoms with Crippen molar-refractivity contribution in [3.63, 3.8) is 0 Å². The summed E-state index contributed by atoms with van der Waals surface area (Å²) in [7, 11) is 1.73. The first-order chi connectivity index (χ1) is 8.21. The normalized spacial score (nSPS) is 12.9. The van der Waals surface area contributed by atoms with Crippen molar-refractivity contribution in [2.45, 2.75) is 59.2 Å². The van der Waals surface area contributed by atoms with Crippen LogP contribution in [0, 0.1) is 0 Å². The summed E-state index contributed by atoms with van der Waals surface area (Å²) in [6.07, 6.45) is 3.38. The molecule has 0 fully saturated rings. The van der Waals surface area contributed by atoms with Gasteiger partial charge < -0.3 is 10.1 Å². The van der Waals surface area contributed by atoms with E-state index in [9.17, 15) is 0 Å². The topological polar surface area (TPSA) is 34.1 Å². The zero-order valence-electron chi connectivity index (χ0n) is 11.4. The van der Waals surface area contributed by atoms with Crippen molar-refractivity contribution >= 4 is 11.3 Å². The van der Waals surface area contributed by atoms with Crippen LogP contribution in [0.2, 0.25) is 0 Å². The maximum Gasteiger partial charge on any atom is 0.0932 e. The highest BCUT2D eigenvalue weighted by Crippen LogP contribution is 2.20. The molecule has 1 aromatic heterocycles. The van der Waals surface area contributed by atoms with Crippen LogP contribution in [0.3, 0.4) is 0 Å². The Kier molecular flexibility index (Phi) is 6.70. The molecule has 1 heterocycles. The molecule has 0 aliphatic carbocycles. The van der Waals surface area contributed by atoms with Crippen molar-refractivity contribution < 1.29 is 4.74 Å². The van der Waals surface area contributed by atoms with Crippen molar-refractivity contribution in [1.29, 1.82) is 0 Å².